The number of hydrogen-bond acceptors (Lipinski definition) is 4. The molecule has 0 aliphatic carbocycles. The first-order chi connectivity index (χ1) is 8.11. The lowest BCUT2D eigenvalue weighted by Gasteiger charge is -2.01. The number of halogens is 1. The van der Waals surface area contributed by atoms with Gasteiger partial charge in [0.15, 0.2) is 5.82 Å². The summed E-state index contributed by atoms with van der Waals surface area (Å²) in [5.74, 6) is 0.991. The lowest BCUT2D eigenvalue weighted by Crippen LogP contribution is -2.10. The zero-order valence-electron chi connectivity index (χ0n) is 9.77. The largest absolute Gasteiger partial charge is 0.334 e. The Bertz CT molecular complexity index is 524. The second kappa shape index (κ2) is 4.85. The topological polar surface area (TPSA) is 64.9 Å². The third kappa shape index (κ3) is 2.48. The van der Waals surface area contributed by atoms with E-state index in [4.69, 9.17) is 21.9 Å². The maximum Gasteiger partial charge on any atom is 0.258 e. The van der Waals surface area contributed by atoms with Crippen LogP contribution in [0.3, 0.4) is 0 Å². The number of rotatable bonds is 3. The molecule has 2 rings (SSSR count). The summed E-state index contributed by atoms with van der Waals surface area (Å²) in [6, 6.07) is 5.37. The molecular formula is C12H14ClN3O. The highest BCUT2D eigenvalue weighted by Crippen LogP contribution is 2.26. The van der Waals surface area contributed by atoms with Crippen LogP contribution in [-0.2, 0) is 0 Å². The molecular weight excluding hydrogens is 238 g/mol. The molecule has 90 valence electrons. The van der Waals surface area contributed by atoms with E-state index in [1.165, 1.54) is 0 Å². The third-order valence-corrected chi connectivity index (χ3v) is 2.88. The van der Waals surface area contributed by atoms with Crippen LogP contribution < -0.4 is 5.73 Å². The van der Waals surface area contributed by atoms with Crippen LogP contribution in [0, 0.1) is 6.92 Å². The minimum absolute atomic E-state index is 0.188. The van der Waals surface area contributed by atoms with Crippen molar-refractivity contribution in [3.8, 4) is 11.5 Å². The van der Waals surface area contributed by atoms with E-state index in [0.717, 1.165) is 17.5 Å². The van der Waals surface area contributed by atoms with Crippen molar-refractivity contribution in [1.82, 2.24) is 10.1 Å². The summed E-state index contributed by atoms with van der Waals surface area (Å²) < 4.78 is 5.21. The molecule has 0 saturated heterocycles. The molecule has 1 unspecified atom stereocenters. The molecule has 1 aromatic heterocycles. The molecule has 4 nitrogen and oxygen atoms in total. The monoisotopic (exact) mass is 251 g/mol. The number of nitrogens with zero attached hydrogens (tertiary/aromatic N) is 2. The molecule has 0 aliphatic rings. The molecule has 0 bridgehead atoms. The van der Waals surface area contributed by atoms with E-state index >= 15 is 0 Å². The third-order valence-electron chi connectivity index (χ3n) is 2.64. The normalized spacial score (nSPS) is 12.7. The van der Waals surface area contributed by atoms with Crippen LogP contribution in [0.4, 0.5) is 0 Å². The summed E-state index contributed by atoms with van der Waals surface area (Å²) in [4.78, 5) is 4.29. The quantitative estimate of drug-likeness (QED) is 0.910. The van der Waals surface area contributed by atoms with Crippen molar-refractivity contribution < 1.29 is 4.52 Å². The number of nitrogens with two attached hydrogens (primary N) is 1. The fraction of sp³-hybridized carbons (Fsp3) is 0.333. The van der Waals surface area contributed by atoms with Gasteiger partial charge in [0.05, 0.1) is 6.04 Å². The van der Waals surface area contributed by atoms with Crippen LogP contribution in [-0.4, -0.2) is 10.1 Å². The molecule has 1 atom stereocenters. The van der Waals surface area contributed by atoms with Gasteiger partial charge in [-0.1, -0.05) is 29.7 Å². The first-order valence-corrected chi connectivity index (χ1v) is 5.85. The average molecular weight is 252 g/mol. The second-order valence-corrected chi connectivity index (χ2v) is 4.37. The highest BCUT2D eigenvalue weighted by atomic mass is 35.5. The molecule has 0 radical (unpaired) electrons. The van der Waals surface area contributed by atoms with E-state index < -0.39 is 0 Å². The average Bonchev–Trinajstić information content (AvgIpc) is 2.80. The first kappa shape index (κ1) is 12.1. The molecule has 0 saturated carbocycles. The smallest absolute Gasteiger partial charge is 0.258 e. The Labute approximate surface area is 105 Å². The Morgan fingerprint density at radius 1 is 1.47 bits per heavy atom. The number of aromatic nitrogens is 2. The predicted octanol–water partition coefficient (Wildman–Crippen LogP) is 3.11. The lowest BCUT2D eigenvalue weighted by atomic mass is 10.1. The molecule has 1 aromatic carbocycles. The van der Waals surface area contributed by atoms with Crippen LogP contribution in [0.5, 0.6) is 0 Å². The minimum atomic E-state index is -0.188. The molecule has 2 N–H and O–H groups in total. The van der Waals surface area contributed by atoms with Gasteiger partial charge in [-0.25, -0.2) is 0 Å². The van der Waals surface area contributed by atoms with E-state index in [1.54, 1.807) is 0 Å². The van der Waals surface area contributed by atoms with Gasteiger partial charge >= 0.3 is 0 Å². The number of aryl methyl sites for hydroxylation is 1. The zero-order valence-corrected chi connectivity index (χ0v) is 10.5. The first-order valence-electron chi connectivity index (χ1n) is 5.47. The van der Waals surface area contributed by atoms with Gasteiger partial charge < -0.3 is 10.3 Å². The van der Waals surface area contributed by atoms with E-state index in [0.29, 0.717) is 16.7 Å². The van der Waals surface area contributed by atoms with Gasteiger partial charge in [0.2, 0.25) is 0 Å². The highest BCUT2D eigenvalue weighted by molar-refractivity contribution is 6.30. The van der Waals surface area contributed by atoms with Crippen LogP contribution in [0.2, 0.25) is 5.02 Å². The van der Waals surface area contributed by atoms with Gasteiger partial charge in [0.25, 0.3) is 5.89 Å². The predicted molar refractivity (Wildman–Crippen MR) is 66.7 cm³/mol. The molecule has 0 amide bonds. The number of benzene rings is 1. The van der Waals surface area contributed by atoms with Gasteiger partial charge in [0, 0.05) is 10.6 Å². The zero-order chi connectivity index (χ0) is 12.4. The van der Waals surface area contributed by atoms with Crippen molar-refractivity contribution in [2.24, 2.45) is 5.73 Å². The van der Waals surface area contributed by atoms with E-state index in [1.807, 2.05) is 32.0 Å². The van der Waals surface area contributed by atoms with Gasteiger partial charge in [-0.3, -0.25) is 0 Å². The van der Waals surface area contributed by atoms with Crippen LogP contribution >= 0.6 is 11.6 Å². The van der Waals surface area contributed by atoms with Gasteiger partial charge in [0.1, 0.15) is 0 Å². The molecule has 5 heteroatoms. The standard InChI is InChI=1S/C12H14ClN3O/c1-3-10(14)11-15-12(17-16-11)9-6-8(13)5-4-7(9)2/h4-6,10H,3,14H2,1-2H3. The van der Waals surface area contributed by atoms with Gasteiger partial charge in [-0.05, 0) is 31.0 Å². The molecule has 0 fully saturated rings. The Morgan fingerprint density at radius 3 is 2.94 bits per heavy atom. The van der Waals surface area contributed by atoms with Crippen molar-refractivity contribution in [1.29, 1.82) is 0 Å². The van der Waals surface area contributed by atoms with Crippen LogP contribution in [0.25, 0.3) is 11.5 Å². The molecule has 0 aliphatic heterocycles. The summed E-state index contributed by atoms with van der Waals surface area (Å²) in [6.45, 7) is 3.95. The summed E-state index contributed by atoms with van der Waals surface area (Å²) >= 11 is 5.95. The van der Waals surface area contributed by atoms with E-state index in [2.05, 4.69) is 10.1 Å². The Hall–Kier alpha value is -1.39. The maximum absolute atomic E-state index is 5.95. The summed E-state index contributed by atoms with van der Waals surface area (Å²) in [5.41, 5.74) is 7.73. The van der Waals surface area contributed by atoms with Crippen molar-refractivity contribution in [2.75, 3.05) is 0 Å². The summed E-state index contributed by atoms with van der Waals surface area (Å²) in [5, 5.41) is 4.52. The molecule has 1 heterocycles. The summed E-state index contributed by atoms with van der Waals surface area (Å²) in [6.07, 6.45) is 0.771. The SMILES string of the molecule is CCC(N)c1noc(-c2cc(Cl)ccc2C)n1. The molecule has 17 heavy (non-hydrogen) atoms. The molecule has 2 aromatic rings. The number of hydrogen-bond donors (Lipinski definition) is 1. The van der Waals surface area contributed by atoms with Crippen molar-refractivity contribution in [3.05, 3.63) is 34.6 Å². The van der Waals surface area contributed by atoms with Crippen LogP contribution in [0.15, 0.2) is 22.7 Å². The highest BCUT2D eigenvalue weighted by Gasteiger charge is 2.15. The second-order valence-electron chi connectivity index (χ2n) is 3.93. The Kier molecular flexibility index (Phi) is 3.45. The van der Waals surface area contributed by atoms with Gasteiger partial charge in [-0.2, -0.15) is 4.98 Å². The Morgan fingerprint density at radius 2 is 2.24 bits per heavy atom. The van der Waals surface area contributed by atoms with Crippen LogP contribution in [0.1, 0.15) is 30.8 Å². The van der Waals surface area contributed by atoms with Crippen molar-refractivity contribution in [3.63, 3.8) is 0 Å². The maximum atomic E-state index is 5.95. The van der Waals surface area contributed by atoms with E-state index in [9.17, 15) is 0 Å². The van der Waals surface area contributed by atoms with E-state index in [-0.39, 0.29) is 6.04 Å². The summed E-state index contributed by atoms with van der Waals surface area (Å²) in [7, 11) is 0. The lowest BCUT2D eigenvalue weighted by molar-refractivity contribution is 0.415. The minimum Gasteiger partial charge on any atom is -0.334 e. The van der Waals surface area contributed by atoms with Crippen molar-refractivity contribution >= 4 is 11.6 Å². The fourth-order valence-corrected chi connectivity index (χ4v) is 1.67. The molecule has 0 spiro atoms. The van der Waals surface area contributed by atoms with Gasteiger partial charge in [-0.15, -0.1) is 0 Å². The fourth-order valence-electron chi connectivity index (χ4n) is 1.50. The van der Waals surface area contributed by atoms with Crippen molar-refractivity contribution in [2.45, 2.75) is 26.3 Å². The Balaban J connectivity index is 2.40.